The van der Waals surface area contributed by atoms with Crippen LogP contribution in [0.25, 0.3) is 11.0 Å². The summed E-state index contributed by atoms with van der Waals surface area (Å²) in [5.74, 6) is -1.60. The van der Waals surface area contributed by atoms with Crippen molar-refractivity contribution in [1.29, 1.82) is 0 Å². The molecule has 9 heteroatoms. The van der Waals surface area contributed by atoms with Gasteiger partial charge in [-0.3, -0.25) is 4.79 Å². The number of carbonyl (C=O) groups excluding carboxylic acids is 2. The fraction of sp³-hybridized carbons (Fsp3) is 0.118. The molecule has 0 radical (unpaired) electrons. The van der Waals surface area contributed by atoms with Gasteiger partial charge in [-0.1, -0.05) is 6.07 Å². The number of ether oxygens (including phenoxy) is 1. The number of carbonyl (C=O) groups is 2. The van der Waals surface area contributed by atoms with Crippen LogP contribution in [-0.4, -0.2) is 28.3 Å². The van der Waals surface area contributed by atoms with E-state index in [9.17, 15) is 27.6 Å². The zero-order chi connectivity index (χ0) is 18.9. The molecule has 0 aliphatic rings. The van der Waals surface area contributed by atoms with Crippen LogP contribution in [0, 0.1) is 0 Å². The molecular formula is C17H11F3N2O4. The lowest BCUT2D eigenvalue weighted by Crippen LogP contribution is -2.15. The maximum Gasteiger partial charge on any atom is 0.416 e. The average Bonchev–Trinajstić information content (AvgIpc) is 2.97. The highest BCUT2D eigenvalue weighted by Gasteiger charge is 2.31. The van der Waals surface area contributed by atoms with Gasteiger partial charge in [0.05, 0.1) is 22.2 Å². The van der Waals surface area contributed by atoms with Crippen LogP contribution in [0.3, 0.4) is 0 Å². The highest BCUT2D eigenvalue weighted by atomic mass is 19.4. The molecule has 0 amide bonds. The molecule has 0 saturated carbocycles. The zero-order valence-corrected chi connectivity index (χ0v) is 13.0. The van der Waals surface area contributed by atoms with E-state index in [1.807, 2.05) is 0 Å². The standard InChI is InChI=1S/C17H11F3N2O4/c18-17(19,20)11-3-1-2-10(6-11)15(24)26-8-14(23)9-4-5-12-13(7-9)22-16(25)21-12/h1-7H,8H2,(H2,21,22,25). The third-order valence-electron chi connectivity index (χ3n) is 3.60. The minimum atomic E-state index is -4.59. The predicted molar refractivity (Wildman–Crippen MR) is 85.0 cm³/mol. The number of fused-ring (bicyclic) bond motifs is 1. The Bertz CT molecular complexity index is 1050. The molecule has 0 bridgehead atoms. The van der Waals surface area contributed by atoms with Gasteiger partial charge in [-0.15, -0.1) is 0 Å². The summed E-state index contributed by atoms with van der Waals surface area (Å²) < 4.78 is 42.8. The normalized spacial score (nSPS) is 11.5. The van der Waals surface area contributed by atoms with Crippen LogP contribution in [0.4, 0.5) is 13.2 Å². The number of rotatable bonds is 4. The fourth-order valence-electron chi connectivity index (χ4n) is 2.33. The van der Waals surface area contributed by atoms with Crippen molar-refractivity contribution in [3.8, 4) is 0 Å². The first kappa shape index (κ1) is 17.5. The SMILES string of the molecule is O=C(COC(=O)c1cccc(C(F)(F)F)c1)c1ccc2[nH]c(=O)[nH]c2c1. The topological polar surface area (TPSA) is 92.0 Å². The van der Waals surface area contributed by atoms with Gasteiger partial charge in [0.1, 0.15) is 0 Å². The Kier molecular flexibility index (Phi) is 4.37. The number of imidazole rings is 1. The second kappa shape index (κ2) is 6.51. The van der Waals surface area contributed by atoms with Crippen LogP contribution < -0.4 is 5.69 Å². The molecule has 1 heterocycles. The Morgan fingerprint density at radius 1 is 0.962 bits per heavy atom. The number of ketones is 1. The van der Waals surface area contributed by atoms with E-state index in [4.69, 9.17) is 4.74 Å². The molecule has 134 valence electrons. The van der Waals surface area contributed by atoms with Crippen molar-refractivity contribution in [2.24, 2.45) is 0 Å². The number of Topliss-reactive ketones (excluding diaryl/α,β-unsaturated/α-hetero) is 1. The van der Waals surface area contributed by atoms with Crippen molar-refractivity contribution < 1.29 is 27.5 Å². The van der Waals surface area contributed by atoms with Gasteiger partial charge >= 0.3 is 17.8 Å². The molecule has 3 aromatic rings. The van der Waals surface area contributed by atoms with Gasteiger partial charge in [-0.25, -0.2) is 9.59 Å². The summed E-state index contributed by atoms with van der Waals surface area (Å²) in [7, 11) is 0. The van der Waals surface area contributed by atoms with Crippen LogP contribution >= 0.6 is 0 Å². The van der Waals surface area contributed by atoms with Crippen molar-refractivity contribution >= 4 is 22.8 Å². The average molecular weight is 364 g/mol. The van der Waals surface area contributed by atoms with Crippen LogP contribution in [-0.2, 0) is 10.9 Å². The molecule has 1 aromatic heterocycles. The number of aromatic amines is 2. The van der Waals surface area contributed by atoms with E-state index in [-0.39, 0.29) is 11.1 Å². The summed E-state index contributed by atoms with van der Waals surface area (Å²) in [6, 6.07) is 8.09. The molecule has 26 heavy (non-hydrogen) atoms. The van der Waals surface area contributed by atoms with Gasteiger partial charge in [0.2, 0.25) is 0 Å². The van der Waals surface area contributed by atoms with Gasteiger partial charge in [0, 0.05) is 5.56 Å². The lowest BCUT2D eigenvalue weighted by Gasteiger charge is -2.08. The first-order valence-electron chi connectivity index (χ1n) is 7.34. The number of H-pyrrole nitrogens is 2. The molecule has 2 N–H and O–H groups in total. The van der Waals surface area contributed by atoms with E-state index in [1.54, 1.807) is 0 Å². The molecular weight excluding hydrogens is 353 g/mol. The molecule has 0 aliphatic carbocycles. The maximum atomic E-state index is 12.7. The number of aromatic nitrogens is 2. The number of benzene rings is 2. The second-order valence-electron chi connectivity index (χ2n) is 5.42. The molecule has 0 atom stereocenters. The third-order valence-corrected chi connectivity index (χ3v) is 3.60. The van der Waals surface area contributed by atoms with E-state index < -0.39 is 35.8 Å². The van der Waals surface area contributed by atoms with Crippen LogP contribution in [0.5, 0.6) is 0 Å². The lowest BCUT2D eigenvalue weighted by atomic mass is 10.1. The Hall–Kier alpha value is -3.36. The summed E-state index contributed by atoms with van der Waals surface area (Å²) in [6.45, 7) is -0.644. The number of nitrogens with one attached hydrogen (secondary N) is 2. The summed E-state index contributed by atoms with van der Waals surface area (Å²) in [5, 5.41) is 0. The van der Waals surface area contributed by atoms with Gasteiger partial charge in [0.25, 0.3) is 0 Å². The Labute approximate surface area is 143 Å². The van der Waals surface area contributed by atoms with Crippen LogP contribution in [0.15, 0.2) is 47.3 Å². The Balaban J connectivity index is 1.70. The quantitative estimate of drug-likeness (QED) is 0.550. The highest BCUT2D eigenvalue weighted by molar-refractivity contribution is 6.01. The maximum absolute atomic E-state index is 12.7. The predicted octanol–water partition coefficient (Wildman–Crippen LogP) is 2.91. The zero-order valence-electron chi connectivity index (χ0n) is 13.0. The molecule has 0 saturated heterocycles. The van der Waals surface area contributed by atoms with Gasteiger partial charge in [-0.05, 0) is 36.4 Å². The van der Waals surface area contributed by atoms with Crippen molar-refractivity contribution in [2.45, 2.75) is 6.18 Å². The Morgan fingerprint density at radius 2 is 1.69 bits per heavy atom. The molecule has 0 spiro atoms. The molecule has 3 rings (SSSR count). The fourth-order valence-corrected chi connectivity index (χ4v) is 2.33. The summed E-state index contributed by atoms with van der Waals surface area (Å²) >= 11 is 0. The number of hydrogen-bond acceptors (Lipinski definition) is 4. The summed E-state index contributed by atoms with van der Waals surface area (Å²) in [4.78, 5) is 40.2. The van der Waals surface area contributed by atoms with Crippen molar-refractivity contribution in [3.63, 3.8) is 0 Å². The number of alkyl halides is 3. The molecule has 6 nitrogen and oxygen atoms in total. The lowest BCUT2D eigenvalue weighted by molar-refractivity contribution is -0.137. The largest absolute Gasteiger partial charge is 0.454 e. The van der Waals surface area contributed by atoms with E-state index in [1.165, 1.54) is 24.3 Å². The van der Waals surface area contributed by atoms with E-state index in [0.29, 0.717) is 17.1 Å². The van der Waals surface area contributed by atoms with Gasteiger partial charge in [0.15, 0.2) is 12.4 Å². The van der Waals surface area contributed by atoms with Crippen molar-refractivity contribution in [2.75, 3.05) is 6.61 Å². The monoisotopic (exact) mass is 364 g/mol. The van der Waals surface area contributed by atoms with Gasteiger partial charge < -0.3 is 14.7 Å². The highest BCUT2D eigenvalue weighted by Crippen LogP contribution is 2.29. The van der Waals surface area contributed by atoms with E-state index in [0.717, 1.165) is 12.1 Å². The summed E-state index contributed by atoms with van der Waals surface area (Å²) in [5.41, 5.74) is -0.624. The van der Waals surface area contributed by atoms with Crippen molar-refractivity contribution in [1.82, 2.24) is 9.97 Å². The van der Waals surface area contributed by atoms with E-state index >= 15 is 0 Å². The molecule has 0 aliphatic heterocycles. The van der Waals surface area contributed by atoms with Crippen LogP contribution in [0.2, 0.25) is 0 Å². The smallest absolute Gasteiger partial charge is 0.416 e. The second-order valence-corrected chi connectivity index (χ2v) is 5.42. The molecule has 0 fully saturated rings. The molecule has 0 unspecified atom stereocenters. The number of hydrogen-bond donors (Lipinski definition) is 2. The summed E-state index contributed by atoms with van der Waals surface area (Å²) in [6.07, 6.45) is -4.59. The van der Waals surface area contributed by atoms with Crippen molar-refractivity contribution in [3.05, 3.63) is 69.6 Å². The van der Waals surface area contributed by atoms with E-state index in [2.05, 4.69) is 9.97 Å². The third kappa shape index (κ3) is 3.66. The first-order valence-corrected chi connectivity index (χ1v) is 7.34. The molecule has 2 aromatic carbocycles. The number of esters is 1. The first-order chi connectivity index (χ1) is 12.2. The minimum Gasteiger partial charge on any atom is -0.454 e. The Morgan fingerprint density at radius 3 is 2.42 bits per heavy atom. The number of halogens is 3. The minimum absolute atomic E-state index is 0.185. The van der Waals surface area contributed by atoms with Gasteiger partial charge in [-0.2, -0.15) is 13.2 Å². The van der Waals surface area contributed by atoms with Crippen LogP contribution in [0.1, 0.15) is 26.3 Å².